The van der Waals surface area contributed by atoms with Crippen molar-refractivity contribution in [1.29, 1.82) is 0 Å². The van der Waals surface area contributed by atoms with E-state index in [2.05, 4.69) is 29.1 Å². The monoisotopic (exact) mass is 211 g/mol. The van der Waals surface area contributed by atoms with Crippen LogP contribution >= 0.6 is 0 Å². The van der Waals surface area contributed by atoms with Gasteiger partial charge >= 0.3 is 0 Å². The van der Waals surface area contributed by atoms with E-state index in [4.69, 9.17) is 0 Å². The minimum Gasteiger partial charge on any atom is -0.356 e. The minimum atomic E-state index is 0.806. The second-order valence-electron chi connectivity index (χ2n) is 4.70. The highest BCUT2D eigenvalue weighted by atomic mass is 15.3. The molecule has 1 heterocycles. The quantitative estimate of drug-likeness (QED) is 0.438. The van der Waals surface area contributed by atoms with Crippen molar-refractivity contribution in [3.05, 3.63) is 0 Å². The summed E-state index contributed by atoms with van der Waals surface area (Å²) < 4.78 is 0. The Hall–Kier alpha value is -0.730. The second-order valence-corrected chi connectivity index (χ2v) is 4.70. The zero-order chi connectivity index (χ0) is 11.1. The molecule has 1 aliphatic rings. The molecular weight excluding hydrogens is 186 g/mol. The maximum Gasteiger partial charge on any atom is 0.193 e. The first-order valence-corrected chi connectivity index (χ1v) is 6.19. The van der Waals surface area contributed by atoms with E-state index in [1.54, 1.807) is 0 Å². The van der Waals surface area contributed by atoms with Crippen LogP contribution in [0.4, 0.5) is 0 Å². The summed E-state index contributed by atoms with van der Waals surface area (Å²) in [5.74, 6) is 1.90. The first-order chi connectivity index (χ1) is 7.24. The summed E-state index contributed by atoms with van der Waals surface area (Å²) in [6.45, 7) is 7.94. The van der Waals surface area contributed by atoms with E-state index in [9.17, 15) is 0 Å². The van der Waals surface area contributed by atoms with Gasteiger partial charge in [-0.15, -0.1) is 0 Å². The fraction of sp³-hybridized carbons (Fsp3) is 0.917. The van der Waals surface area contributed by atoms with Crippen LogP contribution in [-0.4, -0.2) is 37.5 Å². The number of aliphatic imine (C=N–C) groups is 1. The summed E-state index contributed by atoms with van der Waals surface area (Å²) in [5, 5.41) is 3.44. The van der Waals surface area contributed by atoms with E-state index in [1.807, 2.05) is 7.05 Å². The Balaban J connectivity index is 2.17. The Morgan fingerprint density at radius 3 is 2.53 bits per heavy atom. The lowest BCUT2D eigenvalue weighted by Crippen LogP contribution is -2.39. The Morgan fingerprint density at radius 2 is 2.00 bits per heavy atom. The molecule has 0 aromatic carbocycles. The van der Waals surface area contributed by atoms with Crippen LogP contribution in [0, 0.1) is 5.92 Å². The van der Waals surface area contributed by atoms with Crippen LogP contribution in [0.1, 0.15) is 39.5 Å². The highest BCUT2D eigenvalue weighted by Gasteiger charge is 2.14. The van der Waals surface area contributed by atoms with Gasteiger partial charge in [0.25, 0.3) is 0 Å². The lowest BCUT2D eigenvalue weighted by molar-refractivity contribution is 0.484. The van der Waals surface area contributed by atoms with Gasteiger partial charge < -0.3 is 10.2 Å². The normalized spacial score (nSPS) is 17.6. The van der Waals surface area contributed by atoms with Crippen molar-refractivity contribution in [2.75, 3.05) is 26.7 Å². The lowest BCUT2D eigenvalue weighted by Gasteiger charge is -2.20. The lowest BCUT2D eigenvalue weighted by atomic mass is 10.1. The van der Waals surface area contributed by atoms with Crippen molar-refractivity contribution in [1.82, 2.24) is 10.2 Å². The summed E-state index contributed by atoms with van der Waals surface area (Å²) in [6, 6.07) is 0. The molecule has 1 fully saturated rings. The van der Waals surface area contributed by atoms with Gasteiger partial charge in [0, 0.05) is 26.7 Å². The van der Waals surface area contributed by atoms with E-state index in [-0.39, 0.29) is 0 Å². The zero-order valence-corrected chi connectivity index (χ0v) is 10.4. The van der Waals surface area contributed by atoms with Crippen molar-refractivity contribution in [3.63, 3.8) is 0 Å². The molecule has 88 valence electrons. The van der Waals surface area contributed by atoms with Crippen LogP contribution in [0.15, 0.2) is 4.99 Å². The molecule has 1 N–H and O–H groups in total. The second kappa shape index (κ2) is 6.70. The van der Waals surface area contributed by atoms with Crippen molar-refractivity contribution in [2.24, 2.45) is 10.9 Å². The summed E-state index contributed by atoms with van der Waals surface area (Å²) in [5.41, 5.74) is 0. The van der Waals surface area contributed by atoms with Crippen LogP contribution in [0.5, 0.6) is 0 Å². The third kappa shape index (κ3) is 4.54. The SMILES string of the molecule is CN=C(NCCCC(C)C)N1CCCC1. The van der Waals surface area contributed by atoms with E-state index < -0.39 is 0 Å². The molecule has 0 aliphatic carbocycles. The first kappa shape index (κ1) is 12.3. The topological polar surface area (TPSA) is 27.6 Å². The molecule has 0 bridgehead atoms. The molecule has 3 nitrogen and oxygen atoms in total. The molecule has 0 aromatic heterocycles. The van der Waals surface area contributed by atoms with Gasteiger partial charge in [0.2, 0.25) is 0 Å². The number of likely N-dealkylation sites (tertiary alicyclic amines) is 1. The molecule has 3 heteroatoms. The standard InChI is InChI=1S/C12H25N3/c1-11(2)7-6-8-14-12(13-3)15-9-4-5-10-15/h11H,4-10H2,1-3H3,(H,13,14). The predicted octanol–water partition coefficient (Wildman–Crippen LogP) is 2.09. The summed E-state index contributed by atoms with van der Waals surface area (Å²) in [6.07, 6.45) is 5.16. The first-order valence-electron chi connectivity index (χ1n) is 6.19. The van der Waals surface area contributed by atoms with E-state index in [1.165, 1.54) is 38.8 Å². The largest absolute Gasteiger partial charge is 0.356 e. The summed E-state index contributed by atoms with van der Waals surface area (Å²) in [7, 11) is 1.88. The van der Waals surface area contributed by atoms with Gasteiger partial charge in [-0.2, -0.15) is 0 Å². The van der Waals surface area contributed by atoms with Crippen LogP contribution < -0.4 is 5.32 Å². The van der Waals surface area contributed by atoms with E-state index in [0.717, 1.165) is 18.4 Å². The number of nitrogens with one attached hydrogen (secondary N) is 1. The van der Waals surface area contributed by atoms with Gasteiger partial charge in [0.1, 0.15) is 0 Å². The van der Waals surface area contributed by atoms with Gasteiger partial charge in [-0.1, -0.05) is 13.8 Å². The molecular formula is C12H25N3. The summed E-state index contributed by atoms with van der Waals surface area (Å²) in [4.78, 5) is 6.67. The number of rotatable bonds is 4. The van der Waals surface area contributed by atoms with Gasteiger partial charge in [-0.25, -0.2) is 0 Å². The van der Waals surface area contributed by atoms with Crippen LogP contribution in [0.3, 0.4) is 0 Å². The number of hydrogen-bond acceptors (Lipinski definition) is 1. The molecule has 0 amide bonds. The third-order valence-corrected chi connectivity index (χ3v) is 2.86. The van der Waals surface area contributed by atoms with Crippen LogP contribution in [0.2, 0.25) is 0 Å². The Labute approximate surface area is 94.0 Å². The Kier molecular flexibility index (Phi) is 5.51. The van der Waals surface area contributed by atoms with Crippen molar-refractivity contribution in [2.45, 2.75) is 39.5 Å². The Bertz CT molecular complexity index is 193. The summed E-state index contributed by atoms with van der Waals surface area (Å²) >= 11 is 0. The number of hydrogen-bond donors (Lipinski definition) is 1. The van der Waals surface area contributed by atoms with Crippen LogP contribution in [-0.2, 0) is 0 Å². The van der Waals surface area contributed by atoms with Crippen molar-refractivity contribution in [3.8, 4) is 0 Å². The molecule has 1 saturated heterocycles. The third-order valence-electron chi connectivity index (χ3n) is 2.86. The maximum atomic E-state index is 4.32. The number of nitrogens with zero attached hydrogens (tertiary/aromatic N) is 2. The van der Waals surface area contributed by atoms with Gasteiger partial charge in [-0.3, -0.25) is 4.99 Å². The molecule has 0 atom stereocenters. The van der Waals surface area contributed by atoms with Crippen molar-refractivity contribution >= 4 is 5.96 Å². The smallest absolute Gasteiger partial charge is 0.193 e. The molecule has 1 aliphatic heterocycles. The van der Waals surface area contributed by atoms with Gasteiger partial charge in [0.05, 0.1) is 0 Å². The molecule has 1 rings (SSSR count). The average Bonchev–Trinajstić information content (AvgIpc) is 2.70. The van der Waals surface area contributed by atoms with E-state index >= 15 is 0 Å². The molecule has 0 aromatic rings. The highest BCUT2D eigenvalue weighted by Crippen LogP contribution is 2.07. The fourth-order valence-electron chi connectivity index (χ4n) is 1.97. The minimum absolute atomic E-state index is 0.806. The zero-order valence-electron chi connectivity index (χ0n) is 10.4. The predicted molar refractivity (Wildman–Crippen MR) is 66.2 cm³/mol. The molecule has 0 saturated carbocycles. The van der Waals surface area contributed by atoms with Gasteiger partial charge in [0.15, 0.2) is 5.96 Å². The van der Waals surface area contributed by atoms with Gasteiger partial charge in [-0.05, 0) is 31.6 Å². The highest BCUT2D eigenvalue weighted by molar-refractivity contribution is 5.80. The van der Waals surface area contributed by atoms with E-state index in [0.29, 0.717) is 0 Å². The van der Waals surface area contributed by atoms with Crippen molar-refractivity contribution < 1.29 is 0 Å². The Morgan fingerprint density at radius 1 is 1.33 bits per heavy atom. The average molecular weight is 211 g/mol. The molecule has 0 unspecified atom stereocenters. The molecule has 15 heavy (non-hydrogen) atoms. The van der Waals surface area contributed by atoms with Crippen LogP contribution in [0.25, 0.3) is 0 Å². The molecule has 0 radical (unpaired) electrons. The maximum absolute atomic E-state index is 4.32. The number of guanidine groups is 1. The fourth-order valence-corrected chi connectivity index (χ4v) is 1.97. The molecule has 0 spiro atoms.